The van der Waals surface area contributed by atoms with E-state index in [0.717, 1.165) is 0 Å². The second-order valence-electron chi connectivity index (χ2n) is 3.95. The van der Waals surface area contributed by atoms with Gasteiger partial charge in [-0.3, -0.25) is 0 Å². The van der Waals surface area contributed by atoms with Gasteiger partial charge in [0.25, 0.3) is 0 Å². The minimum atomic E-state index is -4.32. The van der Waals surface area contributed by atoms with E-state index in [1.165, 1.54) is 12.1 Å². The fraction of sp³-hybridized carbons (Fsp3) is 0.400. The smallest absolute Gasteiger partial charge is 0.396 e. The van der Waals surface area contributed by atoms with Crippen LogP contribution in [0.1, 0.15) is 18.5 Å². The van der Waals surface area contributed by atoms with Gasteiger partial charge in [-0.2, -0.15) is 18.4 Å². The van der Waals surface area contributed by atoms with Crippen LogP contribution in [0, 0.1) is 11.3 Å². The van der Waals surface area contributed by atoms with Crippen molar-refractivity contribution in [3.8, 4) is 6.07 Å². The summed E-state index contributed by atoms with van der Waals surface area (Å²) in [7, 11) is 0. The second kappa shape index (κ2) is 3.52. The topological polar surface area (TPSA) is 74.7 Å². The molecule has 0 amide bonds. The number of alkyl halides is 3. The van der Waals surface area contributed by atoms with E-state index in [4.69, 9.17) is 11.0 Å². The van der Waals surface area contributed by atoms with Gasteiger partial charge in [0.15, 0.2) is 5.69 Å². The Balaban J connectivity index is 2.24. The Morgan fingerprint density at radius 2 is 2.06 bits per heavy atom. The second-order valence-corrected chi connectivity index (χ2v) is 3.95. The third-order valence-corrected chi connectivity index (χ3v) is 2.69. The molecule has 1 aromatic rings. The average Bonchev–Trinajstić information content (AvgIpc) is 3.01. The summed E-state index contributed by atoms with van der Waals surface area (Å²) in [5.74, 6) is 0.0191. The number of nitriles is 1. The molecule has 3 N–H and O–H groups in total. The predicted octanol–water partition coefficient (Wildman–Crippen LogP) is 2.04. The Labute approximate surface area is 95.2 Å². The van der Waals surface area contributed by atoms with E-state index in [1.54, 1.807) is 6.07 Å². The van der Waals surface area contributed by atoms with Crippen molar-refractivity contribution >= 4 is 11.5 Å². The molecule has 90 valence electrons. The number of nitrogens with two attached hydrogens (primary N) is 1. The van der Waals surface area contributed by atoms with Crippen LogP contribution < -0.4 is 11.1 Å². The van der Waals surface area contributed by atoms with Crippen molar-refractivity contribution in [3.63, 3.8) is 0 Å². The number of halogens is 3. The van der Waals surface area contributed by atoms with Crippen LogP contribution in [0.5, 0.6) is 0 Å². The van der Waals surface area contributed by atoms with Crippen molar-refractivity contribution in [2.24, 2.45) is 0 Å². The number of hydrogen-bond donors (Lipinski definition) is 2. The van der Waals surface area contributed by atoms with Crippen LogP contribution in [-0.2, 0) is 0 Å². The molecule has 4 nitrogen and oxygen atoms in total. The monoisotopic (exact) mass is 242 g/mol. The van der Waals surface area contributed by atoms with Crippen molar-refractivity contribution in [1.82, 2.24) is 4.98 Å². The van der Waals surface area contributed by atoms with Gasteiger partial charge in [0.2, 0.25) is 0 Å². The van der Waals surface area contributed by atoms with E-state index in [0.29, 0.717) is 0 Å². The Bertz CT molecular complexity index is 485. The molecule has 0 bridgehead atoms. The molecule has 0 atom stereocenters. The van der Waals surface area contributed by atoms with Crippen molar-refractivity contribution in [1.29, 1.82) is 5.26 Å². The van der Waals surface area contributed by atoms with Crippen LogP contribution >= 0.6 is 0 Å². The molecule has 0 aromatic carbocycles. The minimum absolute atomic E-state index is 0.0183. The molecule has 0 spiro atoms. The predicted molar refractivity (Wildman–Crippen MR) is 55.0 cm³/mol. The zero-order valence-corrected chi connectivity index (χ0v) is 8.67. The van der Waals surface area contributed by atoms with Gasteiger partial charge >= 0.3 is 6.18 Å². The van der Waals surface area contributed by atoms with Crippen molar-refractivity contribution in [2.45, 2.75) is 24.6 Å². The maximum Gasteiger partial charge on any atom is 0.411 e. The van der Waals surface area contributed by atoms with Crippen LogP contribution in [0.3, 0.4) is 0 Å². The standard InChI is InChI=1S/C10H9F3N4/c11-10(12,13)9(3-4-9)17-8-2-1-6(15)7(5-14)16-8/h1-2H,3-4,15H2,(H,16,17). The van der Waals surface area contributed by atoms with Gasteiger partial charge in [0.05, 0.1) is 5.69 Å². The van der Waals surface area contributed by atoms with Crippen LogP contribution in [-0.4, -0.2) is 16.7 Å². The van der Waals surface area contributed by atoms with Crippen LogP contribution in [0.25, 0.3) is 0 Å². The lowest BCUT2D eigenvalue weighted by atomic mass is 10.2. The fourth-order valence-electron chi connectivity index (χ4n) is 1.48. The Kier molecular flexibility index (Phi) is 2.38. The molecule has 1 aromatic heterocycles. The van der Waals surface area contributed by atoms with Gasteiger partial charge in [-0.1, -0.05) is 0 Å². The van der Waals surface area contributed by atoms with Crippen molar-refractivity contribution in [3.05, 3.63) is 17.8 Å². The number of nitrogens with one attached hydrogen (secondary N) is 1. The van der Waals surface area contributed by atoms with Gasteiger partial charge in [-0.15, -0.1) is 0 Å². The summed E-state index contributed by atoms with van der Waals surface area (Å²) < 4.78 is 38.0. The molecule has 1 saturated carbocycles. The largest absolute Gasteiger partial charge is 0.411 e. The number of rotatable bonds is 2. The van der Waals surface area contributed by atoms with E-state index >= 15 is 0 Å². The number of anilines is 2. The summed E-state index contributed by atoms with van der Waals surface area (Å²) in [6, 6.07) is 4.42. The fourth-order valence-corrected chi connectivity index (χ4v) is 1.48. The zero-order valence-electron chi connectivity index (χ0n) is 8.67. The summed E-state index contributed by atoms with van der Waals surface area (Å²) in [5.41, 5.74) is 3.62. The molecule has 2 rings (SSSR count). The quantitative estimate of drug-likeness (QED) is 0.832. The van der Waals surface area contributed by atoms with E-state index in [-0.39, 0.29) is 30.0 Å². The molecule has 1 aliphatic rings. The molecule has 0 unspecified atom stereocenters. The van der Waals surface area contributed by atoms with Gasteiger partial charge in [-0.05, 0) is 25.0 Å². The van der Waals surface area contributed by atoms with Crippen LogP contribution in [0.15, 0.2) is 12.1 Å². The molecule has 0 aliphatic heterocycles. The third kappa shape index (κ3) is 1.98. The SMILES string of the molecule is N#Cc1nc(NC2(C(F)(F)F)CC2)ccc1N. The molecule has 7 heteroatoms. The first-order chi connectivity index (χ1) is 7.88. The molecule has 1 aliphatic carbocycles. The van der Waals surface area contributed by atoms with E-state index in [2.05, 4.69) is 10.3 Å². The number of pyridine rings is 1. The number of nitrogens with zero attached hydrogens (tertiary/aromatic N) is 2. The zero-order chi connectivity index (χ0) is 12.7. The first-order valence-corrected chi connectivity index (χ1v) is 4.89. The lowest BCUT2D eigenvalue weighted by Gasteiger charge is -2.21. The molecular weight excluding hydrogens is 233 g/mol. The third-order valence-electron chi connectivity index (χ3n) is 2.69. The normalized spacial score (nSPS) is 17.3. The van der Waals surface area contributed by atoms with Gasteiger partial charge in [0.1, 0.15) is 17.4 Å². The Hall–Kier alpha value is -1.97. The van der Waals surface area contributed by atoms with E-state index < -0.39 is 11.7 Å². The lowest BCUT2D eigenvalue weighted by molar-refractivity contribution is -0.151. The van der Waals surface area contributed by atoms with Crippen LogP contribution in [0.4, 0.5) is 24.7 Å². The highest BCUT2D eigenvalue weighted by molar-refractivity contribution is 5.55. The number of nitrogen functional groups attached to an aromatic ring is 1. The average molecular weight is 242 g/mol. The Morgan fingerprint density at radius 1 is 1.41 bits per heavy atom. The lowest BCUT2D eigenvalue weighted by Crippen LogP contribution is -2.38. The first-order valence-electron chi connectivity index (χ1n) is 4.89. The molecule has 0 radical (unpaired) electrons. The minimum Gasteiger partial charge on any atom is -0.396 e. The molecule has 17 heavy (non-hydrogen) atoms. The summed E-state index contributed by atoms with van der Waals surface area (Å²) in [4.78, 5) is 3.73. The first kappa shape index (κ1) is 11.5. The number of hydrogen-bond acceptors (Lipinski definition) is 4. The molecule has 1 heterocycles. The van der Waals surface area contributed by atoms with Gasteiger partial charge in [-0.25, -0.2) is 4.98 Å². The molecule has 1 fully saturated rings. The highest BCUT2D eigenvalue weighted by Gasteiger charge is 2.63. The van der Waals surface area contributed by atoms with Gasteiger partial charge in [0, 0.05) is 0 Å². The summed E-state index contributed by atoms with van der Waals surface area (Å²) in [6.07, 6.45) is -4.28. The van der Waals surface area contributed by atoms with E-state index in [9.17, 15) is 13.2 Å². The highest BCUT2D eigenvalue weighted by atomic mass is 19.4. The van der Waals surface area contributed by atoms with E-state index in [1.807, 2.05) is 0 Å². The van der Waals surface area contributed by atoms with Gasteiger partial charge < -0.3 is 11.1 Å². The summed E-state index contributed by atoms with van der Waals surface area (Å²) >= 11 is 0. The summed E-state index contributed by atoms with van der Waals surface area (Å²) in [6.45, 7) is 0. The van der Waals surface area contributed by atoms with Crippen molar-refractivity contribution < 1.29 is 13.2 Å². The van der Waals surface area contributed by atoms with Crippen molar-refractivity contribution in [2.75, 3.05) is 11.1 Å². The summed E-state index contributed by atoms with van der Waals surface area (Å²) in [5, 5.41) is 11.0. The maximum absolute atomic E-state index is 12.7. The van der Waals surface area contributed by atoms with Crippen LogP contribution in [0.2, 0.25) is 0 Å². The number of aromatic nitrogens is 1. The molecular formula is C10H9F3N4. The molecule has 0 saturated heterocycles. The Morgan fingerprint density at radius 3 is 2.53 bits per heavy atom. The highest BCUT2D eigenvalue weighted by Crippen LogP contribution is 2.50. The maximum atomic E-state index is 12.7.